The molecular formula is C14H13N3O2. The van der Waals surface area contributed by atoms with E-state index >= 15 is 0 Å². The summed E-state index contributed by atoms with van der Waals surface area (Å²) >= 11 is 0. The second-order valence-corrected chi connectivity index (χ2v) is 3.94. The summed E-state index contributed by atoms with van der Waals surface area (Å²) in [6.45, 7) is 1.80. The molecule has 1 aromatic heterocycles. The Labute approximate surface area is 110 Å². The summed E-state index contributed by atoms with van der Waals surface area (Å²) in [7, 11) is 0. The molecule has 19 heavy (non-hydrogen) atoms. The van der Waals surface area contributed by atoms with Gasteiger partial charge in [0.2, 0.25) is 0 Å². The van der Waals surface area contributed by atoms with Crippen molar-refractivity contribution < 1.29 is 9.59 Å². The largest absolute Gasteiger partial charge is 0.318 e. The van der Waals surface area contributed by atoms with E-state index in [9.17, 15) is 9.59 Å². The molecule has 0 saturated carbocycles. The number of aromatic nitrogens is 1. The van der Waals surface area contributed by atoms with E-state index in [4.69, 9.17) is 0 Å². The van der Waals surface area contributed by atoms with Gasteiger partial charge < -0.3 is 10.6 Å². The van der Waals surface area contributed by atoms with Gasteiger partial charge in [0, 0.05) is 11.9 Å². The standard InChI is InChI=1S/C14H13N3O2/c1-10-6-5-9-15-12(10)17-14(19)13(18)16-11-7-3-2-4-8-11/h2-9H,1H3,(H,16,18)(H,15,17,19). The van der Waals surface area contributed by atoms with Crippen LogP contribution < -0.4 is 10.6 Å². The van der Waals surface area contributed by atoms with Gasteiger partial charge in [-0.2, -0.15) is 0 Å². The van der Waals surface area contributed by atoms with Crippen LogP contribution in [0.15, 0.2) is 48.7 Å². The zero-order valence-electron chi connectivity index (χ0n) is 10.4. The number of hydrogen-bond donors (Lipinski definition) is 2. The van der Waals surface area contributed by atoms with Crippen LogP contribution in [0.3, 0.4) is 0 Å². The van der Waals surface area contributed by atoms with Crippen LogP contribution in [-0.2, 0) is 9.59 Å². The molecule has 0 radical (unpaired) electrons. The van der Waals surface area contributed by atoms with Gasteiger partial charge in [-0.3, -0.25) is 9.59 Å². The van der Waals surface area contributed by atoms with Crippen LogP contribution >= 0.6 is 0 Å². The molecule has 0 aliphatic carbocycles. The van der Waals surface area contributed by atoms with Crippen molar-refractivity contribution in [2.45, 2.75) is 6.92 Å². The first kappa shape index (κ1) is 12.8. The maximum atomic E-state index is 11.7. The molecule has 2 amide bonds. The number of hydrogen-bond acceptors (Lipinski definition) is 3. The average molecular weight is 255 g/mol. The molecule has 2 N–H and O–H groups in total. The summed E-state index contributed by atoms with van der Waals surface area (Å²) < 4.78 is 0. The maximum absolute atomic E-state index is 11.7. The summed E-state index contributed by atoms with van der Waals surface area (Å²) in [5, 5.41) is 4.97. The lowest BCUT2D eigenvalue weighted by molar-refractivity contribution is -0.133. The van der Waals surface area contributed by atoms with Crippen molar-refractivity contribution in [2.75, 3.05) is 10.6 Å². The molecule has 2 rings (SSSR count). The topological polar surface area (TPSA) is 71.1 Å². The minimum Gasteiger partial charge on any atom is -0.318 e. The van der Waals surface area contributed by atoms with Crippen molar-refractivity contribution in [3.8, 4) is 0 Å². The van der Waals surface area contributed by atoms with Crippen LogP contribution in [0.1, 0.15) is 5.56 Å². The third-order valence-electron chi connectivity index (χ3n) is 2.48. The van der Waals surface area contributed by atoms with E-state index in [1.165, 1.54) is 0 Å². The highest BCUT2D eigenvalue weighted by atomic mass is 16.2. The maximum Gasteiger partial charge on any atom is 0.315 e. The Morgan fingerprint density at radius 3 is 2.32 bits per heavy atom. The lowest BCUT2D eigenvalue weighted by atomic mass is 10.3. The molecule has 2 aromatic rings. The molecule has 0 saturated heterocycles. The molecule has 5 nitrogen and oxygen atoms in total. The first-order chi connectivity index (χ1) is 9.16. The van der Waals surface area contributed by atoms with Crippen LogP contribution in [0.5, 0.6) is 0 Å². The van der Waals surface area contributed by atoms with Crippen molar-refractivity contribution in [3.05, 3.63) is 54.2 Å². The van der Waals surface area contributed by atoms with Crippen LogP contribution in [-0.4, -0.2) is 16.8 Å². The number of rotatable bonds is 2. The lowest BCUT2D eigenvalue weighted by Crippen LogP contribution is -2.29. The molecule has 0 atom stereocenters. The van der Waals surface area contributed by atoms with Crippen LogP contribution in [0.2, 0.25) is 0 Å². The van der Waals surface area contributed by atoms with Gasteiger partial charge in [-0.25, -0.2) is 4.98 Å². The molecule has 0 fully saturated rings. The summed E-state index contributed by atoms with van der Waals surface area (Å²) in [5.74, 6) is -1.09. The van der Waals surface area contributed by atoms with E-state index in [-0.39, 0.29) is 0 Å². The monoisotopic (exact) mass is 255 g/mol. The predicted molar refractivity (Wildman–Crippen MR) is 72.7 cm³/mol. The van der Waals surface area contributed by atoms with Crippen LogP contribution in [0.4, 0.5) is 11.5 Å². The second-order valence-electron chi connectivity index (χ2n) is 3.94. The fourth-order valence-corrected chi connectivity index (χ4v) is 1.49. The SMILES string of the molecule is Cc1cccnc1NC(=O)C(=O)Nc1ccccc1. The van der Waals surface area contributed by atoms with Crippen molar-refractivity contribution in [1.29, 1.82) is 0 Å². The highest BCUT2D eigenvalue weighted by Crippen LogP contribution is 2.09. The van der Waals surface area contributed by atoms with Gasteiger partial charge in [-0.15, -0.1) is 0 Å². The Bertz CT molecular complexity index is 597. The Kier molecular flexibility index (Phi) is 3.87. The number of amides is 2. The molecule has 0 unspecified atom stereocenters. The second kappa shape index (κ2) is 5.77. The van der Waals surface area contributed by atoms with Crippen LogP contribution in [0, 0.1) is 6.92 Å². The van der Waals surface area contributed by atoms with Gasteiger partial charge in [0.05, 0.1) is 0 Å². The average Bonchev–Trinajstić information content (AvgIpc) is 2.42. The Hall–Kier alpha value is -2.69. The van der Waals surface area contributed by atoms with E-state index in [0.29, 0.717) is 11.5 Å². The number of benzene rings is 1. The number of nitrogens with zero attached hydrogens (tertiary/aromatic N) is 1. The third kappa shape index (κ3) is 3.38. The summed E-state index contributed by atoms with van der Waals surface area (Å²) in [5.41, 5.74) is 1.36. The first-order valence-corrected chi connectivity index (χ1v) is 5.76. The normalized spacial score (nSPS) is 9.74. The Morgan fingerprint density at radius 1 is 0.947 bits per heavy atom. The minimum atomic E-state index is -0.745. The van der Waals surface area contributed by atoms with Gasteiger partial charge in [-0.1, -0.05) is 24.3 Å². The number of carbonyl (C=O) groups excluding carboxylic acids is 2. The molecular weight excluding hydrogens is 242 g/mol. The fourth-order valence-electron chi connectivity index (χ4n) is 1.49. The lowest BCUT2D eigenvalue weighted by Gasteiger charge is -2.07. The van der Waals surface area contributed by atoms with Crippen LogP contribution in [0.25, 0.3) is 0 Å². The smallest absolute Gasteiger partial charge is 0.315 e. The number of nitrogens with one attached hydrogen (secondary N) is 2. The fraction of sp³-hybridized carbons (Fsp3) is 0.0714. The third-order valence-corrected chi connectivity index (χ3v) is 2.48. The van der Waals surface area contributed by atoms with Gasteiger partial charge >= 0.3 is 11.8 Å². The number of pyridine rings is 1. The van der Waals surface area contributed by atoms with Gasteiger partial charge in [0.1, 0.15) is 5.82 Å². The first-order valence-electron chi connectivity index (χ1n) is 5.76. The zero-order valence-corrected chi connectivity index (χ0v) is 10.4. The van der Waals surface area contributed by atoms with E-state index in [0.717, 1.165) is 5.56 Å². The van der Waals surface area contributed by atoms with E-state index in [2.05, 4.69) is 15.6 Å². The summed E-state index contributed by atoms with van der Waals surface area (Å²) in [6.07, 6.45) is 1.55. The van der Waals surface area contributed by atoms with Crippen molar-refractivity contribution >= 4 is 23.3 Å². The van der Waals surface area contributed by atoms with Crippen molar-refractivity contribution in [1.82, 2.24) is 4.98 Å². The molecule has 0 aliphatic rings. The molecule has 0 spiro atoms. The Morgan fingerprint density at radius 2 is 1.63 bits per heavy atom. The number of para-hydroxylation sites is 1. The van der Waals surface area contributed by atoms with Gasteiger partial charge in [0.25, 0.3) is 0 Å². The number of aryl methyl sites for hydroxylation is 1. The van der Waals surface area contributed by atoms with E-state index in [1.807, 2.05) is 6.07 Å². The van der Waals surface area contributed by atoms with Gasteiger partial charge in [0.15, 0.2) is 0 Å². The summed E-state index contributed by atoms with van der Waals surface area (Å²) in [6, 6.07) is 12.3. The quantitative estimate of drug-likeness (QED) is 0.806. The summed E-state index contributed by atoms with van der Waals surface area (Å²) in [4.78, 5) is 27.4. The zero-order chi connectivity index (χ0) is 13.7. The van der Waals surface area contributed by atoms with Gasteiger partial charge in [-0.05, 0) is 30.7 Å². The molecule has 0 bridgehead atoms. The van der Waals surface area contributed by atoms with E-state index < -0.39 is 11.8 Å². The molecule has 1 aromatic carbocycles. The van der Waals surface area contributed by atoms with Crippen molar-refractivity contribution in [3.63, 3.8) is 0 Å². The van der Waals surface area contributed by atoms with Crippen molar-refractivity contribution in [2.24, 2.45) is 0 Å². The number of carbonyl (C=O) groups is 2. The van der Waals surface area contributed by atoms with E-state index in [1.54, 1.807) is 49.5 Å². The highest BCUT2D eigenvalue weighted by Gasteiger charge is 2.15. The molecule has 5 heteroatoms. The minimum absolute atomic E-state index is 0.385. The Balaban J connectivity index is 2.01. The molecule has 1 heterocycles. The molecule has 0 aliphatic heterocycles. The predicted octanol–water partition coefficient (Wildman–Crippen LogP) is 1.97. The number of anilines is 2. The highest BCUT2D eigenvalue weighted by molar-refractivity contribution is 6.43. The molecule has 96 valence electrons.